The van der Waals surface area contributed by atoms with Crippen molar-refractivity contribution >= 4 is 45.6 Å². The summed E-state index contributed by atoms with van der Waals surface area (Å²) < 4.78 is 1.22. The molecule has 0 bridgehead atoms. The third kappa shape index (κ3) is 9.73. The van der Waals surface area contributed by atoms with Crippen LogP contribution in [0.25, 0.3) is 0 Å². The Morgan fingerprint density at radius 2 is 1.75 bits per heavy atom. The van der Waals surface area contributed by atoms with Crippen LogP contribution in [0, 0.1) is 0 Å². The van der Waals surface area contributed by atoms with E-state index >= 15 is 0 Å². The molecular weight excluding hydrogens is 175 g/mol. The Hall–Kier alpha value is 1.50. The van der Waals surface area contributed by atoms with Crippen LogP contribution in [0.15, 0.2) is 0 Å². The predicted molar refractivity (Wildman–Crippen MR) is 30.3 cm³/mol. The van der Waals surface area contributed by atoms with Gasteiger partial charge in [-0.15, -0.1) is 0 Å². The normalized spacial score (nSPS) is 4.50. The van der Waals surface area contributed by atoms with E-state index in [4.69, 9.17) is 0 Å². The summed E-state index contributed by atoms with van der Waals surface area (Å²) in [6, 6.07) is 0. The molecule has 0 heterocycles. The van der Waals surface area contributed by atoms with Crippen LogP contribution in [0.1, 0.15) is 6.92 Å². The summed E-state index contributed by atoms with van der Waals surface area (Å²) in [5.74, 6) is 0. The summed E-state index contributed by atoms with van der Waals surface area (Å²) in [6.07, 6.45) is 0. The maximum absolute atomic E-state index is 2.29. The van der Waals surface area contributed by atoms with Crippen molar-refractivity contribution in [2.75, 3.05) is 4.43 Å². The van der Waals surface area contributed by atoms with Crippen molar-refractivity contribution in [3.63, 3.8) is 0 Å². The number of hydrogen-bond acceptors (Lipinski definition) is 0. The molecule has 0 amide bonds. The van der Waals surface area contributed by atoms with Gasteiger partial charge in [0.1, 0.15) is 0 Å². The number of halogens is 1. The molecule has 2 heteroatoms. The van der Waals surface area contributed by atoms with Gasteiger partial charge in [0.25, 0.3) is 0 Å². The van der Waals surface area contributed by atoms with E-state index in [9.17, 15) is 0 Å². The molecule has 0 N–H and O–H groups in total. The number of rotatable bonds is 0. The summed E-state index contributed by atoms with van der Waals surface area (Å²) in [5.41, 5.74) is 0. The molecule has 0 unspecified atom stereocenters. The van der Waals surface area contributed by atoms with Crippen LogP contribution in [0.3, 0.4) is 0 Å². The minimum absolute atomic E-state index is 0. The third-order valence-corrected chi connectivity index (χ3v) is 0. The minimum Gasteiger partial charge on any atom is -0.0867 e. The van der Waals surface area contributed by atoms with Gasteiger partial charge in [-0.2, -0.15) is 0 Å². The molecule has 0 saturated heterocycles. The predicted octanol–water partition coefficient (Wildman–Crippen LogP) is 1.06. The van der Waals surface area contributed by atoms with Crippen LogP contribution in [0.4, 0.5) is 0 Å². The van der Waals surface area contributed by atoms with E-state index < -0.39 is 0 Å². The molecule has 0 aromatic carbocycles. The zero-order valence-corrected chi connectivity index (χ0v) is 6.36. The van der Waals surface area contributed by atoms with Crippen molar-refractivity contribution in [2.45, 2.75) is 6.92 Å². The van der Waals surface area contributed by atoms with E-state index in [1.807, 2.05) is 0 Å². The van der Waals surface area contributed by atoms with Gasteiger partial charge >= 0.3 is 23.1 Å². The molecule has 4 heavy (non-hydrogen) atoms. The molecule has 0 aliphatic rings. The molecule has 0 aliphatic carbocycles. The molecule has 0 rings (SSSR count). The van der Waals surface area contributed by atoms with E-state index in [0.29, 0.717) is 0 Å². The first-order valence-electron chi connectivity index (χ1n) is 0.974. The molecule has 0 fully saturated rings. The minimum atomic E-state index is 0. The van der Waals surface area contributed by atoms with Gasteiger partial charge in [0, 0.05) is 0 Å². The third-order valence-electron chi connectivity index (χ3n) is 0. The largest absolute Gasteiger partial charge is 2.00 e. The van der Waals surface area contributed by atoms with Crippen molar-refractivity contribution in [3.05, 3.63) is 0 Å². The topological polar surface area (TPSA) is 0 Å². The second kappa shape index (κ2) is 8.82. The Kier molecular flexibility index (Phi) is 20.0. The maximum Gasteiger partial charge on any atom is 2.00 e. The van der Waals surface area contributed by atoms with Crippen molar-refractivity contribution in [3.8, 4) is 0 Å². The first-order valence-corrected chi connectivity index (χ1v) is 2.50. The average molecular weight is 180 g/mol. The van der Waals surface area contributed by atoms with Gasteiger partial charge in [-0.25, -0.2) is 0 Å². The SMILES string of the molecule is CCI.[Mg+2]. The molecule has 0 aliphatic heterocycles. The number of alkyl halides is 1. The van der Waals surface area contributed by atoms with E-state index in [0.717, 1.165) is 0 Å². The van der Waals surface area contributed by atoms with Gasteiger partial charge in [-0.1, -0.05) is 29.5 Å². The van der Waals surface area contributed by atoms with Gasteiger partial charge in [0.05, 0.1) is 0 Å². The van der Waals surface area contributed by atoms with Gasteiger partial charge in [0.15, 0.2) is 0 Å². The molecule has 20 valence electrons. The van der Waals surface area contributed by atoms with Crippen LogP contribution < -0.4 is 0 Å². The zero-order chi connectivity index (χ0) is 2.71. The Morgan fingerprint density at radius 1 is 1.75 bits per heavy atom. The fraction of sp³-hybridized carbons (Fsp3) is 1.00. The quantitative estimate of drug-likeness (QED) is 0.297. The molecule has 0 nitrogen and oxygen atoms in total. The average Bonchev–Trinajstić information content (AvgIpc) is 0.918. The van der Waals surface area contributed by atoms with Crippen molar-refractivity contribution in [2.24, 2.45) is 0 Å². The summed E-state index contributed by atoms with van der Waals surface area (Å²) in [5, 5.41) is 0. The van der Waals surface area contributed by atoms with Crippen molar-refractivity contribution in [1.82, 2.24) is 0 Å². The first kappa shape index (κ1) is 9.09. The fourth-order valence-corrected chi connectivity index (χ4v) is 0. The van der Waals surface area contributed by atoms with Crippen molar-refractivity contribution in [1.29, 1.82) is 0 Å². The van der Waals surface area contributed by atoms with Crippen LogP contribution in [0.5, 0.6) is 0 Å². The zero-order valence-electron chi connectivity index (χ0n) is 2.79. The van der Waals surface area contributed by atoms with Crippen LogP contribution in [-0.2, 0) is 0 Å². The van der Waals surface area contributed by atoms with Gasteiger partial charge < -0.3 is 0 Å². The smallest absolute Gasteiger partial charge is 0.0867 e. The van der Waals surface area contributed by atoms with Crippen LogP contribution in [-0.4, -0.2) is 27.5 Å². The fourth-order valence-electron chi connectivity index (χ4n) is 0. The molecule has 0 saturated carbocycles. The van der Waals surface area contributed by atoms with E-state index in [-0.39, 0.29) is 23.1 Å². The van der Waals surface area contributed by atoms with E-state index in [1.54, 1.807) is 0 Å². The number of hydrogen-bond donors (Lipinski definition) is 0. The molecule has 0 aromatic rings. The van der Waals surface area contributed by atoms with E-state index in [2.05, 4.69) is 29.5 Å². The standard InChI is InChI=1S/C2H5I.Mg/c1-2-3;/h2H2,1H3;/q;+2. The summed E-state index contributed by atoms with van der Waals surface area (Å²) >= 11 is 2.29. The second-order valence-electron chi connectivity index (χ2n) is 0.267. The first-order chi connectivity index (χ1) is 1.41. The van der Waals surface area contributed by atoms with E-state index in [1.165, 1.54) is 4.43 Å². The van der Waals surface area contributed by atoms with Crippen molar-refractivity contribution < 1.29 is 0 Å². The Labute approximate surface area is 56.6 Å². The van der Waals surface area contributed by atoms with Gasteiger partial charge in [0.2, 0.25) is 0 Å². The summed E-state index contributed by atoms with van der Waals surface area (Å²) in [4.78, 5) is 0. The summed E-state index contributed by atoms with van der Waals surface area (Å²) in [7, 11) is 0. The molecular formula is C2H5IMg+2. The molecule has 0 spiro atoms. The van der Waals surface area contributed by atoms with Gasteiger partial charge in [-0.05, 0) is 4.43 Å². The van der Waals surface area contributed by atoms with Gasteiger partial charge in [-0.3, -0.25) is 0 Å². The molecule has 0 aromatic heterocycles. The Morgan fingerprint density at radius 3 is 1.75 bits per heavy atom. The summed E-state index contributed by atoms with van der Waals surface area (Å²) in [6.45, 7) is 2.11. The Bertz CT molecular complexity index is 6.00. The molecule has 0 radical (unpaired) electrons. The monoisotopic (exact) mass is 180 g/mol. The molecule has 0 atom stereocenters. The maximum atomic E-state index is 2.29. The Balaban J connectivity index is 0. The second-order valence-corrected chi connectivity index (χ2v) is 1.79. The van der Waals surface area contributed by atoms with Crippen LogP contribution in [0.2, 0.25) is 0 Å². The van der Waals surface area contributed by atoms with Crippen LogP contribution >= 0.6 is 22.6 Å².